The normalized spacial score (nSPS) is 27.1. The Hall–Kier alpha value is -0.750. The lowest BCUT2D eigenvalue weighted by Crippen LogP contribution is -2.62. The molecule has 2 atom stereocenters. The third kappa shape index (κ3) is 2.48. The van der Waals surface area contributed by atoms with Crippen LogP contribution in [0.5, 0.6) is 0 Å². The van der Waals surface area contributed by atoms with E-state index in [1.807, 2.05) is 0 Å². The van der Waals surface area contributed by atoms with Crippen LogP contribution in [-0.2, 0) is 14.3 Å². The van der Waals surface area contributed by atoms with Gasteiger partial charge in [-0.05, 0) is 33.3 Å². The molecule has 0 aromatic heterocycles. The van der Waals surface area contributed by atoms with Gasteiger partial charge in [0.25, 0.3) is 0 Å². The molecular formula is C13H16BrNO3S. The van der Waals surface area contributed by atoms with Gasteiger partial charge in [0.15, 0.2) is 0 Å². The Bertz CT molecular complexity index is 507. The number of carbonyl (C=O) groups is 2. The first-order chi connectivity index (χ1) is 8.63. The van der Waals surface area contributed by atoms with Gasteiger partial charge in [-0.25, -0.2) is 4.79 Å². The van der Waals surface area contributed by atoms with Crippen molar-refractivity contribution in [1.29, 1.82) is 0 Å². The minimum absolute atomic E-state index is 0.105. The van der Waals surface area contributed by atoms with Gasteiger partial charge in [0.2, 0.25) is 5.91 Å². The van der Waals surface area contributed by atoms with Crippen molar-refractivity contribution in [2.75, 3.05) is 0 Å². The van der Waals surface area contributed by atoms with E-state index in [0.717, 1.165) is 4.91 Å². The van der Waals surface area contributed by atoms with Gasteiger partial charge < -0.3 is 4.74 Å². The minimum atomic E-state index is -0.590. The molecule has 0 bridgehead atoms. The van der Waals surface area contributed by atoms with E-state index < -0.39 is 11.6 Å². The number of hydrogen-bond donors (Lipinski definition) is 0. The number of allylic oxidation sites excluding steroid dienone is 1. The number of nitrogens with zero attached hydrogens (tertiary/aromatic N) is 1. The summed E-state index contributed by atoms with van der Waals surface area (Å²) in [6, 6.07) is 0. The highest BCUT2D eigenvalue weighted by Gasteiger charge is 2.53. The fraction of sp³-hybridized carbons (Fsp3) is 0.538. The Morgan fingerprint density at radius 3 is 2.58 bits per heavy atom. The van der Waals surface area contributed by atoms with Crippen molar-refractivity contribution >= 4 is 39.6 Å². The topological polar surface area (TPSA) is 46.6 Å². The lowest BCUT2D eigenvalue weighted by molar-refractivity contribution is -0.156. The van der Waals surface area contributed by atoms with E-state index in [9.17, 15) is 9.59 Å². The molecule has 0 aliphatic carbocycles. The van der Waals surface area contributed by atoms with Gasteiger partial charge >= 0.3 is 5.97 Å². The Labute approximate surface area is 125 Å². The Balaban J connectivity index is 2.35. The van der Waals surface area contributed by atoms with Gasteiger partial charge in [0.1, 0.15) is 21.5 Å². The lowest BCUT2D eigenvalue weighted by Gasteiger charge is -2.48. The van der Waals surface area contributed by atoms with Crippen molar-refractivity contribution in [3.8, 4) is 0 Å². The zero-order chi connectivity index (χ0) is 14.5. The SMILES string of the molecule is C=C1S[C@H]2[C@@H](Br)C(=O)N2C(C(=O)OC(C)(C)C)=C1C. The van der Waals surface area contributed by atoms with Crippen LogP contribution in [0, 0.1) is 0 Å². The van der Waals surface area contributed by atoms with Gasteiger partial charge in [-0.15, -0.1) is 0 Å². The summed E-state index contributed by atoms with van der Waals surface area (Å²) in [5.74, 6) is -0.575. The van der Waals surface area contributed by atoms with Gasteiger partial charge in [-0.3, -0.25) is 9.69 Å². The van der Waals surface area contributed by atoms with Crippen molar-refractivity contribution in [3.05, 3.63) is 22.8 Å². The summed E-state index contributed by atoms with van der Waals surface area (Å²) in [6.45, 7) is 11.1. The van der Waals surface area contributed by atoms with E-state index in [1.165, 1.54) is 16.7 Å². The molecule has 0 aromatic rings. The molecule has 0 spiro atoms. The van der Waals surface area contributed by atoms with E-state index in [2.05, 4.69) is 22.5 Å². The largest absolute Gasteiger partial charge is 0.455 e. The maximum atomic E-state index is 12.3. The second kappa shape index (κ2) is 4.66. The lowest BCUT2D eigenvalue weighted by atomic mass is 10.1. The standard InChI is InChI=1S/C13H16BrNO3S/c1-6-7(2)19-11-8(14)10(16)15(11)9(6)12(17)18-13(3,4)5/h8,11H,2H2,1,3-5H3/t8-,11-/m0/s1. The number of esters is 1. The molecule has 2 aliphatic heterocycles. The zero-order valence-corrected chi connectivity index (χ0v) is 13.7. The van der Waals surface area contributed by atoms with Gasteiger partial charge in [0.05, 0.1) is 0 Å². The fourth-order valence-corrected chi connectivity index (χ4v) is 3.80. The predicted octanol–water partition coefficient (Wildman–Crippen LogP) is 2.79. The van der Waals surface area contributed by atoms with Crippen LogP contribution >= 0.6 is 27.7 Å². The summed E-state index contributed by atoms with van der Waals surface area (Å²) >= 11 is 4.82. The molecule has 2 rings (SSSR count). The van der Waals surface area contributed by atoms with Crippen LogP contribution in [0.3, 0.4) is 0 Å². The first-order valence-corrected chi connectivity index (χ1v) is 7.70. The number of β-lactam (4-membered cyclic amide) rings is 1. The molecule has 4 nitrogen and oxygen atoms in total. The summed E-state index contributed by atoms with van der Waals surface area (Å²) in [5, 5.41) is -0.105. The summed E-state index contributed by atoms with van der Waals surface area (Å²) in [6.07, 6.45) is 0. The van der Waals surface area contributed by atoms with Crippen LogP contribution in [-0.4, -0.2) is 32.6 Å². The second-order valence-corrected chi connectivity index (χ2v) is 7.72. The molecule has 1 amide bonds. The van der Waals surface area contributed by atoms with Crippen molar-refractivity contribution in [2.45, 2.75) is 43.5 Å². The second-order valence-electron chi connectivity index (χ2n) is 5.52. The number of halogens is 1. The Morgan fingerprint density at radius 2 is 2.05 bits per heavy atom. The number of carbonyl (C=O) groups excluding carboxylic acids is 2. The highest BCUT2D eigenvalue weighted by molar-refractivity contribution is 9.10. The number of hydrogen-bond acceptors (Lipinski definition) is 4. The number of amides is 1. The van der Waals surface area contributed by atoms with Crippen molar-refractivity contribution < 1.29 is 14.3 Å². The van der Waals surface area contributed by atoms with Crippen LogP contribution < -0.4 is 0 Å². The zero-order valence-electron chi connectivity index (χ0n) is 11.3. The summed E-state index contributed by atoms with van der Waals surface area (Å²) in [4.78, 5) is 26.2. The van der Waals surface area contributed by atoms with Crippen molar-refractivity contribution in [2.24, 2.45) is 0 Å². The third-order valence-corrected chi connectivity index (χ3v) is 5.41. The molecule has 0 saturated carbocycles. The number of fused-ring (bicyclic) bond motifs is 1. The maximum absolute atomic E-state index is 12.3. The van der Waals surface area contributed by atoms with Crippen LogP contribution in [0.15, 0.2) is 22.8 Å². The highest BCUT2D eigenvalue weighted by Crippen LogP contribution is 2.48. The van der Waals surface area contributed by atoms with E-state index in [1.54, 1.807) is 27.7 Å². The smallest absolute Gasteiger partial charge is 0.355 e. The Morgan fingerprint density at radius 1 is 1.47 bits per heavy atom. The first kappa shape index (κ1) is 14.7. The molecule has 1 saturated heterocycles. The van der Waals surface area contributed by atoms with Crippen LogP contribution in [0.25, 0.3) is 0 Å². The molecule has 2 aliphatic rings. The number of rotatable bonds is 1. The molecule has 0 N–H and O–H groups in total. The predicted molar refractivity (Wildman–Crippen MR) is 78.6 cm³/mol. The molecule has 6 heteroatoms. The first-order valence-electron chi connectivity index (χ1n) is 5.91. The molecule has 0 radical (unpaired) electrons. The van der Waals surface area contributed by atoms with Crippen molar-refractivity contribution in [1.82, 2.24) is 4.90 Å². The molecule has 0 unspecified atom stereocenters. The molecule has 104 valence electrons. The molecular weight excluding hydrogens is 330 g/mol. The van der Waals surface area contributed by atoms with E-state index >= 15 is 0 Å². The van der Waals surface area contributed by atoms with Crippen LogP contribution in [0.2, 0.25) is 0 Å². The van der Waals surface area contributed by atoms with E-state index in [4.69, 9.17) is 4.74 Å². The van der Waals surface area contributed by atoms with Crippen LogP contribution in [0.1, 0.15) is 27.7 Å². The third-order valence-electron chi connectivity index (χ3n) is 2.85. The summed E-state index contributed by atoms with van der Waals surface area (Å²) in [5.41, 5.74) is 0.445. The van der Waals surface area contributed by atoms with Gasteiger partial charge in [-0.1, -0.05) is 34.3 Å². The quantitative estimate of drug-likeness (QED) is 0.416. The Kier molecular flexibility index (Phi) is 3.60. The number of thioether (sulfide) groups is 1. The van der Waals surface area contributed by atoms with Gasteiger partial charge in [0, 0.05) is 4.91 Å². The minimum Gasteiger partial charge on any atom is -0.455 e. The van der Waals surface area contributed by atoms with Crippen molar-refractivity contribution in [3.63, 3.8) is 0 Å². The summed E-state index contributed by atoms with van der Waals surface area (Å²) in [7, 11) is 0. The number of ether oxygens (including phenoxy) is 1. The summed E-state index contributed by atoms with van der Waals surface area (Å²) < 4.78 is 5.38. The van der Waals surface area contributed by atoms with Crippen LogP contribution in [0.4, 0.5) is 0 Å². The van der Waals surface area contributed by atoms with Gasteiger partial charge in [-0.2, -0.15) is 0 Å². The fourth-order valence-electron chi connectivity index (χ4n) is 1.90. The molecule has 2 heterocycles. The van der Waals surface area contributed by atoms with E-state index in [0.29, 0.717) is 11.3 Å². The highest BCUT2D eigenvalue weighted by atomic mass is 79.9. The molecule has 1 fully saturated rings. The molecule has 0 aromatic carbocycles. The van der Waals surface area contributed by atoms with E-state index in [-0.39, 0.29) is 16.1 Å². The average molecular weight is 346 g/mol. The monoisotopic (exact) mass is 345 g/mol. The number of alkyl halides is 1. The average Bonchev–Trinajstić information content (AvgIpc) is 2.28. The molecule has 19 heavy (non-hydrogen) atoms. The maximum Gasteiger partial charge on any atom is 0.355 e.